The minimum Gasteiger partial charge on any atom is -0.382 e. The Morgan fingerprint density at radius 3 is 2.62 bits per heavy atom. The minimum atomic E-state index is -0.0549. The molecule has 3 N–H and O–H groups in total. The monoisotopic (exact) mass is 297 g/mol. The lowest BCUT2D eigenvalue weighted by molar-refractivity contribution is 0.756. The highest BCUT2D eigenvalue weighted by atomic mass is 32.2. The SMILES string of the molecule is N=C(N)c1ccc(Sc2nnnn2-c2ccccc2)cn1. The molecule has 0 fully saturated rings. The van der Waals surface area contributed by atoms with Crippen molar-refractivity contribution in [3.8, 4) is 5.69 Å². The molecule has 0 aliphatic heterocycles. The van der Waals surface area contributed by atoms with Crippen LogP contribution >= 0.6 is 11.8 Å². The summed E-state index contributed by atoms with van der Waals surface area (Å²) in [6.45, 7) is 0. The normalized spacial score (nSPS) is 10.5. The standard InChI is InChI=1S/C13H11N7S/c14-12(15)11-7-6-10(8-16-11)21-13-17-18-19-20(13)9-4-2-1-3-5-9/h1-8H,(H3,14,15). The van der Waals surface area contributed by atoms with Crippen LogP contribution in [0.15, 0.2) is 58.7 Å². The molecule has 0 bridgehead atoms. The molecule has 8 heteroatoms. The molecule has 0 amide bonds. The van der Waals surface area contributed by atoms with E-state index in [4.69, 9.17) is 11.1 Å². The number of rotatable bonds is 4. The molecule has 3 aromatic rings. The van der Waals surface area contributed by atoms with Gasteiger partial charge in [-0.15, -0.1) is 5.10 Å². The molecule has 1 aromatic carbocycles. The number of nitrogens with two attached hydrogens (primary N) is 1. The van der Waals surface area contributed by atoms with Crippen LogP contribution in [0.3, 0.4) is 0 Å². The molecule has 104 valence electrons. The van der Waals surface area contributed by atoms with E-state index in [2.05, 4.69) is 20.5 Å². The molecule has 3 rings (SSSR count). The third-order valence-electron chi connectivity index (χ3n) is 2.66. The molecule has 7 nitrogen and oxygen atoms in total. The first kappa shape index (κ1) is 13.3. The van der Waals surface area contributed by atoms with E-state index in [1.807, 2.05) is 36.4 Å². The van der Waals surface area contributed by atoms with Gasteiger partial charge < -0.3 is 5.73 Å². The molecule has 21 heavy (non-hydrogen) atoms. The van der Waals surface area contributed by atoms with Gasteiger partial charge in [0.1, 0.15) is 11.5 Å². The summed E-state index contributed by atoms with van der Waals surface area (Å²) in [5, 5.41) is 19.7. The van der Waals surface area contributed by atoms with E-state index in [0.717, 1.165) is 10.6 Å². The lowest BCUT2D eigenvalue weighted by Gasteiger charge is -2.04. The number of hydrogen-bond donors (Lipinski definition) is 2. The molecule has 2 aromatic heterocycles. The smallest absolute Gasteiger partial charge is 0.218 e. The van der Waals surface area contributed by atoms with Crippen LogP contribution < -0.4 is 5.73 Å². The predicted octanol–water partition coefficient (Wildman–Crippen LogP) is 1.49. The molecule has 0 aliphatic carbocycles. The second-order valence-electron chi connectivity index (χ2n) is 4.10. The van der Waals surface area contributed by atoms with E-state index < -0.39 is 0 Å². The number of pyridine rings is 1. The summed E-state index contributed by atoms with van der Waals surface area (Å²) >= 11 is 1.39. The van der Waals surface area contributed by atoms with Crippen LogP contribution in [0.1, 0.15) is 5.69 Å². The quantitative estimate of drug-likeness (QED) is 0.558. The zero-order valence-corrected chi connectivity index (χ0v) is 11.7. The zero-order chi connectivity index (χ0) is 14.7. The molecule has 0 saturated carbocycles. The van der Waals surface area contributed by atoms with E-state index in [1.54, 1.807) is 16.9 Å². The molecule has 2 heterocycles. The van der Waals surface area contributed by atoms with Gasteiger partial charge in [0.05, 0.1) is 5.69 Å². The van der Waals surface area contributed by atoms with Crippen LogP contribution in [0.4, 0.5) is 0 Å². The molecular weight excluding hydrogens is 286 g/mol. The largest absolute Gasteiger partial charge is 0.382 e. The van der Waals surface area contributed by atoms with E-state index in [1.165, 1.54) is 11.8 Å². The fraction of sp³-hybridized carbons (Fsp3) is 0. The Bertz CT molecular complexity index is 752. The number of benzene rings is 1. The molecule has 0 saturated heterocycles. The molecule has 0 spiro atoms. The van der Waals surface area contributed by atoms with Crippen molar-refractivity contribution in [1.82, 2.24) is 25.2 Å². The van der Waals surface area contributed by atoms with Gasteiger partial charge in [-0.2, -0.15) is 4.68 Å². The minimum absolute atomic E-state index is 0.0549. The third-order valence-corrected chi connectivity index (χ3v) is 3.58. The Labute approximate surface area is 124 Å². The summed E-state index contributed by atoms with van der Waals surface area (Å²) in [5.74, 6) is -0.0549. The molecule has 0 atom stereocenters. The van der Waals surface area contributed by atoms with E-state index >= 15 is 0 Å². The highest BCUT2D eigenvalue weighted by Gasteiger charge is 2.10. The Hall–Kier alpha value is -2.74. The first-order valence-corrected chi connectivity index (χ1v) is 6.88. The van der Waals surface area contributed by atoms with Crippen LogP contribution in [0.5, 0.6) is 0 Å². The second-order valence-corrected chi connectivity index (χ2v) is 5.14. The van der Waals surface area contributed by atoms with Gasteiger partial charge in [-0.05, 0) is 46.5 Å². The third kappa shape index (κ3) is 2.90. The second kappa shape index (κ2) is 5.71. The van der Waals surface area contributed by atoms with Crippen molar-refractivity contribution in [2.75, 3.05) is 0 Å². The average Bonchev–Trinajstić information content (AvgIpc) is 2.97. The van der Waals surface area contributed by atoms with Gasteiger partial charge in [0.15, 0.2) is 0 Å². The van der Waals surface area contributed by atoms with Gasteiger partial charge in [-0.1, -0.05) is 18.2 Å². The maximum atomic E-state index is 7.32. The Balaban J connectivity index is 1.86. The van der Waals surface area contributed by atoms with Gasteiger partial charge in [-0.3, -0.25) is 10.4 Å². The molecule has 0 aliphatic rings. The summed E-state index contributed by atoms with van der Waals surface area (Å²) < 4.78 is 1.66. The van der Waals surface area contributed by atoms with Crippen molar-refractivity contribution in [3.63, 3.8) is 0 Å². The van der Waals surface area contributed by atoms with Gasteiger partial charge in [0.25, 0.3) is 0 Å². The van der Waals surface area contributed by atoms with Crippen LogP contribution in [0.25, 0.3) is 5.69 Å². The summed E-state index contributed by atoms with van der Waals surface area (Å²) in [7, 11) is 0. The van der Waals surface area contributed by atoms with Crippen LogP contribution in [0.2, 0.25) is 0 Å². The number of para-hydroxylation sites is 1. The molecule has 0 unspecified atom stereocenters. The van der Waals surface area contributed by atoms with Crippen molar-refractivity contribution in [2.45, 2.75) is 10.1 Å². The van der Waals surface area contributed by atoms with E-state index in [9.17, 15) is 0 Å². The van der Waals surface area contributed by atoms with Gasteiger partial charge in [0, 0.05) is 11.1 Å². The van der Waals surface area contributed by atoms with Crippen LogP contribution in [-0.2, 0) is 0 Å². The number of hydrogen-bond acceptors (Lipinski definition) is 6. The van der Waals surface area contributed by atoms with Crippen molar-refractivity contribution in [2.24, 2.45) is 5.73 Å². The predicted molar refractivity (Wildman–Crippen MR) is 78.5 cm³/mol. The first-order valence-electron chi connectivity index (χ1n) is 6.06. The fourth-order valence-electron chi connectivity index (χ4n) is 1.68. The lowest BCUT2D eigenvalue weighted by Crippen LogP contribution is -2.12. The van der Waals surface area contributed by atoms with Crippen molar-refractivity contribution in [3.05, 3.63) is 54.4 Å². The van der Waals surface area contributed by atoms with Crippen molar-refractivity contribution in [1.29, 1.82) is 5.41 Å². The summed E-state index contributed by atoms with van der Waals surface area (Å²) in [5.41, 5.74) is 6.71. The van der Waals surface area contributed by atoms with Crippen LogP contribution in [-0.4, -0.2) is 31.0 Å². The lowest BCUT2D eigenvalue weighted by atomic mass is 10.3. The Morgan fingerprint density at radius 1 is 1.14 bits per heavy atom. The number of amidine groups is 1. The van der Waals surface area contributed by atoms with E-state index in [-0.39, 0.29) is 5.84 Å². The molecule has 0 radical (unpaired) electrons. The van der Waals surface area contributed by atoms with Crippen molar-refractivity contribution >= 4 is 17.6 Å². The Morgan fingerprint density at radius 2 is 1.95 bits per heavy atom. The van der Waals surface area contributed by atoms with Gasteiger partial charge >= 0.3 is 0 Å². The van der Waals surface area contributed by atoms with Crippen LogP contribution in [0, 0.1) is 5.41 Å². The fourth-order valence-corrected chi connectivity index (χ4v) is 2.44. The van der Waals surface area contributed by atoms with Gasteiger partial charge in [-0.25, -0.2) is 0 Å². The van der Waals surface area contributed by atoms with E-state index in [0.29, 0.717) is 10.9 Å². The highest BCUT2D eigenvalue weighted by molar-refractivity contribution is 7.99. The summed E-state index contributed by atoms with van der Waals surface area (Å²) in [4.78, 5) is 4.98. The topological polar surface area (TPSA) is 106 Å². The number of tetrazole rings is 1. The zero-order valence-electron chi connectivity index (χ0n) is 10.8. The summed E-state index contributed by atoms with van der Waals surface area (Å²) in [6.07, 6.45) is 1.64. The molecular formula is C13H11N7S. The van der Waals surface area contributed by atoms with Crippen molar-refractivity contribution < 1.29 is 0 Å². The average molecular weight is 297 g/mol. The van der Waals surface area contributed by atoms with Gasteiger partial charge in [0.2, 0.25) is 5.16 Å². The maximum Gasteiger partial charge on any atom is 0.218 e. The number of nitrogens with one attached hydrogen (secondary N) is 1. The maximum absolute atomic E-state index is 7.32. The number of nitrogen functional groups attached to an aromatic ring is 1. The Kier molecular flexibility index (Phi) is 3.61. The summed E-state index contributed by atoms with van der Waals surface area (Å²) in [6, 6.07) is 13.2. The highest BCUT2D eigenvalue weighted by Crippen LogP contribution is 2.26. The first-order chi connectivity index (χ1) is 10.2. The number of aromatic nitrogens is 5. The number of nitrogens with zero attached hydrogens (tertiary/aromatic N) is 5.